The van der Waals surface area contributed by atoms with Gasteiger partial charge in [-0.15, -0.1) is 23.7 Å². The first-order valence-electron chi connectivity index (χ1n) is 8.52. The lowest BCUT2D eigenvalue weighted by molar-refractivity contribution is 0.0911. The predicted molar refractivity (Wildman–Crippen MR) is 114 cm³/mol. The van der Waals surface area contributed by atoms with Crippen LogP contribution in [-0.4, -0.2) is 23.6 Å². The van der Waals surface area contributed by atoms with Crippen LogP contribution in [0.1, 0.15) is 36.6 Å². The Morgan fingerprint density at radius 3 is 2.62 bits per heavy atom. The van der Waals surface area contributed by atoms with Crippen molar-refractivity contribution in [1.29, 1.82) is 0 Å². The first kappa shape index (κ1) is 23.0. The maximum Gasteiger partial charge on any atom is 0.410 e. The van der Waals surface area contributed by atoms with Gasteiger partial charge in [-0.1, -0.05) is 53.9 Å². The Labute approximate surface area is 174 Å². The summed E-state index contributed by atoms with van der Waals surface area (Å²) in [5.74, 6) is 0. The van der Waals surface area contributed by atoms with Crippen molar-refractivity contribution in [3.8, 4) is 0 Å². The van der Waals surface area contributed by atoms with Gasteiger partial charge in [0.1, 0.15) is 6.61 Å². The number of unbranched alkanes of at least 4 members (excludes halogenated alkanes) is 1. The van der Waals surface area contributed by atoms with Crippen LogP contribution in [0.15, 0.2) is 46.3 Å². The first-order valence-corrected chi connectivity index (χ1v) is 10.2. The molecule has 0 saturated carbocycles. The minimum absolute atomic E-state index is 0. The molecule has 4 nitrogen and oxygen atoms in total. The number of carbonyl (C=O) groups is 1. The van der Waals surface area contributed by atoms with Gasteiger partial charge in [-0.25, -0.2) is 4.79 Å². The van der Waals surface area contributed by atoms with Crippen LogP contribution in [-0.2, 0) is 17.8 Å². The quantitative estimate of drug-likeness (QED) is 0.529. The fourth-order valence-electron chi connectivity index (χ4n) is 2.41. The number of carbonyl (C=O) groups excluding carboxylic acids is 1. The van der Waals surface area contributed by atoms with Gasteiger partial charge in [0.25, 0.3) is 0 Å². The topological polar surface area (TPSA) is 55.6 Å². The first-order chi connectivity index (χ1) is 12.1. The highest BCUT2D eigenvalue weighted by molar-refractivity contribution is 9.10. The van der Waals surface area contributed by atoms with Crippen LogP contribution in [0, 0.1) is 0 Å². The van der Waals surface area contributed by atoms with Crippen molar-refractivity contribution in [3.05, 3.63) is 56.7 Å². The van der Waals surface area contributed by atoms with Gasteiger partial charge < -0.3 is 10.5 Å². The maximum absolute atomic E-state index is 12.6. The monoisotopic (exact) mass is 460 g/mol. The normalized spacial score (nSPS) is 11.5. The number of amides is 1. The van der Waals surface area contributed by atoms with Gasteiger partial charge in [0.05, 0.1) is 6.54 Å². The van der Waals surface area contributed by atoms with E-state index >= 15 is 0 Å². The minimum atomic E-state index is -0.316. The second kappa shape index (κ2) is 12.3. The third-order valence-electron chi connectivity index (χ3n) is 3.82. The highest BCUT2D eigenvalue weighted by Crippen LogP contribution is 2.17. The number of rotatable bonds is 9. The second-order valence-corrected chi connectivity index (χ2v) is 7.99. The van der Waals surface area contributed by atoms with E-state index in [4.69, 9.17) is 10.5 Å². The lowest BCUT2D eigenvalue weighted by atomic mass is 10.1. The van der Waals surface area contributed by atoms with Crippen molar-refractivity contribution >= 4 is 45.8 Å². The molecule has 0 saturated heterocycles. The molecule has 0 aliphatic heterocycles. The van der Waals surface area contributed by atoms with E-state index in [1.54, 1.807) is 16.2 Å². The van der Waals surface area contributed by atoms with Crippen molar-refractivity contribution in [1.82, 2.24) is 4.90 Å². The SMILES string of the molecule is CCCC[C@H](N)COC(=O)N(Cc1ccc(Br)cc1)Cc1cccs1.Cl. The van der Waals surface area contributed by atoms with E-state index < -0.39 is 0 Å². The third kappa shape index (κ3) is 8.08. The number of benzene rings is 1. The van der Waals surface area contributed by atoms with E-state index in [1.807, 2.05) is 41.8 Å². The van der Waals surface area contributed by atoms with Gasteiger partial charge in [0, 0.05) is 21.9 Å². The standard InChI is InChI=1S/C19H25BrN2O2S.ClH/c1-2-3-5-17(21)14-24-19(23)22(13-18-6-4-11-25-18)12-15-7-9-16(20)10-8-15;/h4,6-11,17H,2-3,5,12-14,21H2,1H3;1H/t17-;/m0./s1. The Balaban J connectivity index is 0.00000338. The molecular formula is C19H26BrClN2O2S. The molecule has 2 aromatic rings. The van der Waals surface area contributed by atoms with Crippen LogP contribution < -0.4 is 5.73 Å². The molecule has 2 N–H and O–H groups in total. The van der Waals surface area contributed by atoms with Crippen LogP contribution in [0.5, 0.6) is 0 Å². The number of nitrogens with zero attached hydrogens (tertiary/aromatic N) is 1. The molecule has 1 aromatic carbocycles. The van der Waals surface area contributed by atoms with E-state index in [9.17, 15) is 4.79 Å². The summed E-state index contributed by atoms with van der Waals surface area (Å²) < 4.78 is 6.48. The van der Waals surface area contributed by atoms with Gasteiger partial charge in [-0.2, -0.15) is 0 Å². The zero-order valence-electron chi connectivity index (χ0n) is 14.9. The summed E-state index contributed by atoms with van der Waals surface area (Å²) in [5.41, 5.74) is 7.08. The molecule has 1 heterocycles. The average molecular weight is 462 g/mol. The van der Waals surface area contributed by atoms with Gasteiger partial charge in [0.15, 0.2) is 0 Å². The molecule has 0 radical (unpaired) electrons. The van der Waals surface area contributed by atoms with E-state index in [0.717, 1.165) is 34.2 Å². The minimum Gasteiger partial charge on any atom is -0.448 e. The van der Waals surface area contributed by atoms with Crippen LogP contribution in [0.2, 0.25) is 0 Å². The molecule has 0 fully saturated rings. The largest absolute Gasteiger partial charge is 0.448 e. The van der Waals surface area contributed by atoms with Gasteiger partial charge in [0.2, 0.25) is 0 Å². The number of halogens is 2. The zero-order chi connectivity index (χ0) is 18.1. The van der Waals surface area contributed by atoms with Crippen LogP contribution >= 0.6 is 39.7 Å². The number of hydrogen-bond acceptors (Lipinski definition) is 4. The molecule has 0 bridgehead atoms. The Morgan fingerprint density at radius 1 is 1.27 bits per heavy atom. The summed E-state index contributed by atoms with van der Waals surface area (Å²) in [5, 5.41) is 2.01. The lowest BCUT2D eigenvalue weighted by Crippen LogP contribution is -2.34. The molecule has 144 valence electrons. The summed E-state index contributed by atoms with van der Waals surface area (Å²) in [7, 11) is 0. The van der Waals surface area contributed by atoms with Crippen molar-refractivity contribution in [2.24, 2.45) is 5.73 Å². The molecular weight excluding hydrogens is 436 g/mol. The van der Waals surface area contributed by atoms with Crippen molar-refractivity contribution < 1.29 is 9.53 Å². The van der Waals surface area contributed by atoms with E-state index in [0.29, 0.717) is 13.1 Å². The van der Waals surface area contributed by atoms with E-state index in [2.05, 4.69) is 22.9 Å². The smallest absolute Gasteiger partial charge is 0.410 e. The average Bonchev–Trinajstić information content (AvgIpc) is 3.12. The summed E-state index contributed by atoms with van der Waals surface area (Å²) in [4.78, 5) is 15.4. The van der Waals surface area contributed by atoms with E-state index in [-0.39, 0.29) is 31.1 Å². The number of hydrogen-bond donors (Lipinski definition) is 1. The third-order valence-corrected chi connectivity index (χ3v) is 5.21. The Morgan fingerprint density at radius 2 is 2.00 bits per heavy atom. The molecule has 0 spiro atoms. The van der Waals surface area contributed by atoms with Crippen LogP contribution in [0.4, 0.5) is 4.79 Å². The van der Waals surface area contributed by atoms with Gasteiger partial charge >= 0.3 is 6.09 Å². The number of thiophene rings is 1. The lowest BCUT2D eigenvalue weighted by Gasteiger charge is -2.23. The summed E-state index contributed by atoms with van der Waals surface area (Å²) in [6.07, 6.45) is 2.71. The fourth-order valence-corrected chi connectivity index (χ4v) is 3.39. The van der Waals surface area contributed by atoms with Crippen molar-refractivity contribution in [2.75, 3.05) is 6.61 Å². The second-order valence-electron chi connectivity index (χ2n) is 6.04. The molecule has 0 unspecified atom stereocenters. The maximum atomic E-state index is 12.6. The highest BCUT2D eigenvalue weighted by Gasteiger charge is 2.18. The summed E-state index contributed by atoms with van der Waals surface area (Å²) in [6, 6.07) is 11.9. The predicted octanol–water partition coefficient (Wildman–Crippen LogP) is 5.59. The number of ether oxygens (including phenoxy) is 1. The zero-order valence-corrected chi connectivity index (χ0v) is 18.1. The Bertz CT molecular complexity index is 637. The highest BCUT2D eigenvalue weighted by atomic mass is 79.9. The van der Waals surface area contributed by atoms with E-state index in [1.165, 1.54) is 0 Å². The summed E-state index contributed by atoms with van der Waals surface area (Å²) >= 11 is 5.07. The summed E-state index contributed by atoms with van der Waals surface area (Å²) in [6.45, 7) is 3.44. The molecule has 1 atom stereocenters. The Hall–Kier alpha value is -1.08. The molecule has 7 heteroatoms. The molecule has 0 aliphatic rings. The van der Waals surface area contributed by atoms with Gasteiger partial charge in [-0.05, 0) is 35.6 Å². The molecule has 1 aromatic heterocycles. The molecule has 26 heavy (non-hydrogen) atoms. The van der Waals surface area contributed by atoms with Crippen molar-refractivity contribution in [2.45, 2.75) is 45.3 Å². The Kier molecular flexibility index (Phi) is 10.9. The van der Waals surface area contributed by atoms with Crippen LogP contribution in [0.25, 0.3) is 0 Å². The molecule has 2 rings (SSSR count). The molecule has 1 amide bonds. The van der Waals surface area contributed by atoms with Crippen molar-refractivity contribution in [3.63, 3.8) is 0 Å². The van der Waals surface area contributed by atoms with Gasteiger partial charge in [-0.3, -0.25) is 4.90 Å². The van der Waals surface area contributed by atoms with Crippen LogP contribution in [0.3, 0.4) is 0 Å². The fraction of sp³-hybridized carbons (Fsp3) is 0.421. The number of nitrogens with two attached hydrogens (primary N) is 1. The molecule has 0 aliphatic carbocycles.